The smallest absolute Gasteiger partial charge is 0 e. The normalized spacial score (nSPS) is 12.7. The summed E-state index contributed by atoms with van der Waals surface area (Å²) in [5, 5.41) is 0. The second-order valence-corrected chi connectivity index (χ2v) is 19.0. The molecule has 6 heteroatoms. The fourth-order valence-electron chi connectivity index (χ4n) is 0. The molecule has 0 aromatic heterocycles. The molecule has 0 rings (SSSR count). The molecule has 0 nitrogen and oxygen atoms in total. The zero-order valence-corrected chi connectivity index (χ0v) is 10.0. The number of hydrogen-bond acceptors (Lipinski definition) is 0. The second kappa shape index (κ2) is 4.75. The third-order valence-electron chi connectivity index (χ3n) is 0. The molecule has 0 bridgehead atoms. The quantitative estimate of drug-likeness (QED) is 0.581. The van der Waals surface area contributed by atoms with Crippen LogP contribution in [-0.4, -0.2) is 29.6 Å². The first kappa shape index (κ1) is 11.7. The van der Waals surface area contributed by atoms with Crippen molar-refractivity contribution >= 4 is 66.3 Å². The van der Waals surface area contributed by atoms with E-state index in [1.54, 1.807) is 0 Å². The van der Waals surface area contributed by atoms with Crippen LogP contribution in [0.25, 0.3) is 0 Å². The minimum atomic E-state index is -3.00. The molecule has 0 aliphatic rings. The monoisotopic (exact) mass is 360 g/mol. The van der Waals surface area contributed by atoms with Gasteiger partial charge in [0.2, 0.25) is 0 Å². The van der Waals surface area contributed by atoms with E-state index >= 15 is 0 Å². The van der Waals surface area contributed by atoms with Crippen LogP contribution in [0, 0.1) is 0 Å². The van der Waals surface area contributed by atoms with Crippen molar-refractivity contribution in [2.75, 3.05) is 0 Å². The summed E-state index contributed by atoms with van der Waals surface area (Å²) >= 11 is -3.00. The fraction of sp³-hybridized carbons (Fsp3) is 0. The summed E-state index contributed by atoms with van der Waals surface area (Å²) in [7, 11) is 20.0. The zero-order valence-electron chi connectivity index (χ0n) is 2.81. The third-order valence-corrected chi connectivity index (χ3v) is 0. The Kier molecular flexibility index (Phi) is 9.23. The summed E-state index contributed by atoms with van der Waals surface area (Å²) in [4.78, 5) is 0. The molecule has 0 N–H and O–H groups in total. The summed E-state index contributed by atoms with van der Waals surface area (Å²) in [6.07, 6.45) is 0. The summed E-state index contributed by atoms with van der Waals surface area (Å²) in [5.74, 6) is 0. The molecule has 0 aliphatic carbocycles. The molecule has 0 aromatic rings. The minimum absolute atomic E-state index is 0. The van der Waals surface area contributed by atoms with E-state index in [9.17, 15) is 0 Å². The largest absolute Gasteiger partial charge is 0 e. The molecular formula is AuCl4Na. The van der Waals surface area contributed by atoms with Gasteiger partial charge in [-0.2, -0.15) is 0 Å². The average molecular weight is 362 g/mol. The molecule has 0 saturated heterocycles. The van der Waals surface area contributed by atoms with Crippen molar-refractivity contribution < 1.29 is 12.8 Å². The first-order valence-electron chi connectivity index (χ1n) is 0.456. The van der Waals surface area contributed by atoms with Crippen LogP contribution in [0.1, 0.15) is 0 Å². The Morgan fingerprint density at radius 3 is 0.833 bits per heavy atom. The Morgan fingerprint density at radius 1 is 0.833 bits per heavy atom. The maximum Gasteiger partial charge on any atom is 0 e. The molecule has 0 atom stereocenters. The van der Waals surface area contributed by atoms with Crippen LogP contribution in [-0.2, 0) is 12.8 Å². The number of halogens is 4. The van der Waals surface area contributed by atoms with E-state index in [4.69, 9.17) is 36.8 Å². The molecule has 0 amide bonds. The van der Waals surface area contributed by atoms with Gasteiger partial charge >= 0.3 is 49.6 Å². The van der Waals surface area contributed by atoms with Gasteiger partial charge < -0.3 is 0 Å². The molecule has 0 unspecified atom stereocenters. The first-order valence-corrected chi connectivity index (χ1v) is 11.2. The van der Waals surface area contributed by atoms with Crippen LogP contribution in [0.2, 0.25) is 0 Å². The molecule has 1 radical (unpaired) electrons. The van der Waals surface area contributed by atoms with E-state index in [1.807, 2.05) is 0 Å². The number of rotatable bonds is 0. The second-order valence-electron chi connectivity index (χ2n) is 0.258. The summed E-state index contributed by atoms with van der Waals surface area (Å²) < 4.78 is 0. The SMILES string of the molecule is [Cl][Au]([Cl])([Cl])[Cl].[Na]. The summed E-state index contributed by atoms with van der Waals surface area (Å²) in [6, 6.07) is 0. The van der Waals surface area contributed by atoms with Gasteiger partial charge in [0.15, 0.2) is 0 Å². The maximum absolute atomic E-state index is 5.00. The van der Waals surface area contributed by atoms with Crippen molar-refractivity contribution in [3.05, 3.63) is 0 Å². The van der Waals surface area contributed by atoms with E-state index in [0.717, 1.165) is 0 Å². The number of hydrogen-bond donors (Lipinski definition) is 0. The summed E-state index contributed by atoms with van der Waals surface area (Å²) in [6.45, 7) is 0. The average Bonchev–Trinajstić information content (AvgIpc) is 0.722. The first-order chi connectivity index (χ1) is 2.00. The minimum Gasteiger partial charge on any atom is 0 e. The van der Waals surface area contributed by atoms with Gasteiger partial charge in [0.05, 0.1) is 0 Å². The standard InChI is InChI=1S/Au.4ClH.Na/h;4*1H;/q+4;;;;;/p-4. The molecule has 0 spiro atoms. The predicted molar refractivity (Wildman–Crippen MR) is 29.2 cm³/mol. The topological polar surface area (TPSA) is 0 Å². The van der Waals surface area contributed by atoms with Crippen LogP contribution in [0.5, 0.6) is 0 Å². The van der Waals surface area contributed by atoms with E-state index < -0.39 is 12.8 Å². The predicted octanol–water partition coefficient (Wildman–Crippen LogP) is 2.37. The summed E-state index contributed by atoms with van der Waals surface area (Å²) in [5.41, 5.74) is 0. The van der Waals surface area contributed by atoms with E-state index in [-0.39, 0.29) is 29.6 Å². The van der Waals surface area contributed by atoms with Gasteiger partial charge in [-0.1, -0.05) is 0 Å². The van der Waals surface area contributed by atoms with Crippen molar-refractivity contribution in [3.8, 4) is 0 Å². The molecular weight excluding hydrogens is 362 g/mol. The van der Waals surface area contributed by atoms with E-state index in [0.29, 0.717) is 0 Å². The van der Waals surface area contributed by atoms with Crippen LogP contribution in [0.15, 0.2) is 0 Å². The molecule has 40 valence electrons. The Labute approximate surface area is 77.6 Å². The van der Waals surface area contributed by atoms with Gasteiger partial charge in [-0.15, -0.1) is 0 Å². The van der Waals surface area contributed by atoms with Gasteiger partial charge in [0, 0.05) is 29.6 Å². The van der Waals surface area contributed by atoms with Gasteiger partial charge in [0.1, 0.15) is 0 Å². The van der Waals surface area contributed by atoms with Crippen molar-refractivity contribution in [2.45, 2.75) is 0 Å². The molecule has 0 aliphatic heterocycles. The maximum atomic E-state index is 5.00. The van der Waals surface area contributed by atoms with Crippen LogP contribution >= 0.6 is 36.8 Å². The van der Waals surface area contributed by atoms with Crippen LogP contribution in [0.3, 0.4) is 0 Å². The van der Waals surface area contributed by atoms with Crippen molar-refractivity contribution in [1.82, 2.24) is 0 Å². The Balaban J connectivity index is 0. The van der Waals surface area contributed by atoms with Crippen molar-refractivity contribution in [3.63, 3.8) is 0 Å². The third kappa shape index (κ3) is 28.6. The molecule has 0 saturated carbocycles. The Bertz CT molecular complexity index is 23.0. The van der Waals surface area contributed by atoms with Crippen molar-refractivity contribution in [2.24, 2.45) is 0 Å². The Morgan fingerprint density at radius 2 is 0.833 bits per heavy atom. The molecule has 0 fully saturated rings. The molecule has 0 heterocycles. The van der Waals surface area contributed by atoms with Crippen LogP contribution in [0.4, 0.5) is 0 Å². The van der Waals surface area contributed by atoms with Gasteiger partial charge in [-0.25, -0.2) is 0 Å². The Hall–Kier alpha value is 2.90. The van der Waals surface area contributed by atoms with Crippen molar-refractivity contribution in [1.29, 1.82) is 0 Å². The molecule has 0 aromatic carbocycles. The van der Waals surface area contributed by atoms with E-state index in [2.05, 4.69) is 0 Å². The van der Waals surface area contributed by atoms with E-state index in [1.165, 1.54) is 0 Å². The zero-order chi connectivity index (χ0) is 4.50. The van der Waals surface area contributed by atoms with Crippen LogP contribution < -0.4 is 0 Å². The van der Waals surface area contributed by atoms with Gasteiger partial charge in [-0.05, 0) is 0 Å². The fourth-order valence-corrected chi connectivity index (χ4v) is 0. The van der Waals surface area contributed by atoms with Gasteiger partial charge in [0.25, 0.3) is 0 Å². The van der Waals surface area contributed by atoms with Gasteiger partial charge in [-0.3, -0.25) is 0 Å². The molecule has 6 heavy (non-hydrogen) atoms.